The summed E-state index contributed by atoms with van der Waals surface area (Å²) in [6.45, 7) is 11.5. The van der Waals surface area contributed by atoms with E-state index >= 15 is 0 Å². The van der Waals surface area contributed by atoms with Crippen LogP contribution >= 0.6 is 0 Å². The van der Waals surface area contributed by atoms with Gasteiger partial charge in [-0.2, -0.15) is 0 Å². The Balaban J connectivity index is 2.79. The van der Waals surface area contributed by atoms with Gasteiger partial charge in [-0.05, 0) is 44.7 Å². The van der Waals surface area contributed by atoms with Crippen molar-refractivity contribution >= 4 is 5.69 Å². The molecule has 0 amide bonds. The van der Waals surface area contributed by atoms with Crippen LogP contribution in [0.2, 0.25) is 0 Å². The molecular weight excluding hydrogens is 268 g/mol. The van der Waals surface area contributed by atoms with Crippen LogP contribution in [0.1, 0.15) is 46.6 Å². The lowest BCUT2D eigenvalue weighted by atomic mass is 10.1. The fraction of sp³-hybridized carbons (Fsp3) is 0.625. The van der Waals surface area contributed by atoms with E-state index in [2.05, 4.69) is 39.9 Å². The summed E-state index contributed by atoms with van der Waals surface area (Å²) >= 11 is 0. The van der Waals surface area contributed by atoms with Crippen molar-refractivity contribution in [3.63, 3.8) is 0 Å². The van der Waals surface area contributed by atoms with Crippen molar-refractivity contribution in [2.45, 2.75) is 53.1 Å². The third-order valence-corrected chi connectivity index (χ3v) is 3.00. The Morgan fingerprint density at radius 1 is 1.33 bits per heavy atom. The molecule has 0 spiro atoms. The Hall–Kier alpha value is -1.62. The van der Waals surface area contributed by atoms with E-state index in [4.69, 9.17) is 4.74 Å². The Bertz CT molecular complexity index is 479. The molecule has 0 radical (unpaired) electrons. The van der Waals surface area contributed by atoms with Gasteiger partial charge < -0.3 is 10.1 Å². The van der Waals surface area contributed by atoms with Gasteiger partial charge in [0.2, 0.25) is 0 Å². The number of hydrogen-bond acceptors (Lipinski definition) is 4. The van der Waals surface area contributed by atoms with E-state index in [0.29, 0.717) is 24.8 Å². The van der Waals surface area contributed by atoms with Gasteiger partial charge in [-0.25, -0.2) is 0 Å². The van der Waals surface area contributed by atoms with E-state index in [1.165, 1.54) is 0 Å². The highest BCUT2D eigenvalue weighted by molar-refractivity contribution is 5.48. The molecular formula is C16H26N2O3. The average Bonchev–Trinajstić information content (AvgIpc) is 2.35. The summed E-state index contributed by atoms with van der Waals surface area (Å²) in [6.07, 6.45) is 0.879. The molecule has 0 aliphatic rings. The molecule has 0 fully saturated rings. The summed E-state index contributed by atoms with van der Waals surface area (Å²) in [6, 6.07) is 5.15. The fourth-order valence-electron chi connectivity index (χ4n) is 1.71. The van der Waals surface area contributed by atoms with Crippen LogP contribution in [-0.4, -0.2) is 17.1 Å². The van der Waals surface area contributed by atoms with Gasteiger partial charge in [-0.1, -0.05) is 19.9 Å². The molecule has 1 aromatic rings. The minimum Gasteiger partial charge on any atom is -0.487 e. The van der Waals surface area contributed by atoms with Crippen LogP contribution in [0.25, 0.3) is 0 Å². The first-order valence-corrected chi connectivity index (χ1v) is 7.34. The first-order valence-electron chi connectivity index (χ1n) is 7.34. The molecule has 5 nitrogen and oxygen atoms in total. The third kappa shape index (κ3) is 6.58. The van der Waals surface area contributed by atoms with Crippen LogP contribution in [0.3, 0.4) is 0 Å². The lowest BCUT2D eigenvalue weighted by Gasteiger charge is -2.20. The Labute approximate surface area is 126 Å². The van der Waals surface area contributed by atoms with Crippen LogP contribution in [0.4, 0.5) is 5.69 Å². The van der Waals surface area contributed by atoms with E-state index in [1.54, 1.807) is 12.1 Å². The number of nitro groups is 1. The molecule has 0 aliphatic carbocycles. The minimum absolute atomic E-state index is 0.0266. The van der Waals surface area contributed by atoms with Gasteiger partial charge in [0.05, 0.1) is 11.5 Å². The summed E-state index contributed by atoms with van der Waals surface area (Å²) < 4.78 is 5.55. The SMILES string of the molecule is CC(C)CCOc1ccc(CNC(C)(C)C)cc1[N+](=O)[O-]. The standard InChI is InChI=1S/C16H26N2O3/c1-12(2)8-9-21-15-7-6-13(10-14(15)18(19)20)11-17-16(3,4)5/h6-7,10,12,17H,8-9,11H2,1-5H3. The van der Waals surface area contributed by atoms with E-state index < -0.39 is 0 Å². The summed E-state index contributed by atoms with van der Waals surface area (Å²) in [4.78, 5) is 10.8. The second kappa shape index (κ2) is 7.41. The van der Waals surface area contributed by atoms with Crippen molar-refractivity contribution in [3.05, 3.63) is 33.9 Å². The van der Waals surface area contributed by atoms with Gasteiger partial charge in [0.15, 0.2) is 5.75 Å². The number of benzene rings is 1. The molecule has 0 aliphatic heterocycles. The van der Waals surface area contributed by atoms with Gasteiger partial charge in [0, 0.05) is 18.2 Å². The number of ether oxygens (including phenoxy) is 1. The lowest BCUT2D eigenvalue weighted by molar-refractivity contribution is -0.385. The molecule has 118 valence electrons. The third-order valence-electron chi connectivity index (χ3n) is 3.00. The Morgan fingerprint density at radius 2 is 2.00 bits per heavy atom. The quantitative estimate of drug-likeness (QED) is 0.611. The predicted octanol–water partition coefficient (Wildman–Crippen LogP) is 3.91. The van der Waals surface area contributed by atoms with Crippen LogP contribution in [0.15, 0.2) is 18.2 Å². The highest BCUT2D eigenvalue weighted by Crippen LogP contribution is 2.28. The molecule has 0 bridgehead atoms. The number of nitrogens with one attached hydrogen (secondary N) is 1. The van der Waals surface area contributed by atoms with Crippen LogP contribution < -0.4 is 10.1 Å². The second-order valence-corrected chi connectivity index (χ2v) is 6.69. The summed E-state index contributed by atoms with van der Waals surface area (Å²) in [5.41, 5.74) is 0.890. The molecule has 1 N–H and O–H groups in total. The van der Waals surface area contributed by atoms with Crippen molar-refractivity contribution in [2.75, 3.05) is 6.61 Å². The maximum Gasteiger partial charge on any atom is 0.311 e. The normalized spacial score (nSPS) is 11.7. The largest absolute Gasteiger partial charge is 0.487 e. The summed E-state index contributed by atoms with van der Waals surface area (Å²) in [5.74, 6) is 0.861. The molecule has 0 unspecified atom stereocenters. The van der Waals surface area contributed by atoms with Crippen molar-refractivity contribution in [3.8, 4) is 5.75 Å². The van der Waals surface area contributed by atoms with Crippen LogP contribution in [0, 0.1) is 16.0 Å². The first-order chi connectivity index (χ1) is 9.69. The molecule has 1 rings (SSSR count). The summed E-state index contributed by atoms with van der Waals surface area (Å²) in [5, 5.41) is 14.5. The van der Waals surface area contributed by atoms with Crippen LogP contribution in [-0.2, 0) is 6.54 Å². The maximum atomic E-state index is 11.2. The summed E-state index contributed by atoms with van der Waals surface area (Å²) in [7, 11) is 0. The van der Waals surface area contributed by atoms with Gasteiger partial charge >= 0.3 is 5.69 Å². The first kappa shape index (κ1) is 17.4. The molecule has 21 heavy (non-hydrogen) atoms. The van der Waals surface area contributed by atoms with Crippen molar-refractivity contribution in [1.29, 1.82) is 0 Å². The predicted molar refractivity (Wildman–Crippen MR) is 84.6 cm³/mol. The highest BCUT2D eigenvalue weighted by atomic mass is 16.6. The van der Waals surface area contributed by atoms with Gasteiger partial charge in [0.25, 0.3) is 0 Å². The smallest absolute Gasteiger partial charge is 0.311 e. The number of nitrogens with zero attached hydrogens (tertiary/aromatic N) is 1. The monoisotopic (exact) mass is 294 g/mol. The van der Waals surface area contributed by atoms with Crippen molar-refractivity contribution in [1.82, 2.24) is 5.32 Å². The highest BCUT2D eigenvalue weighted by Gasteiger charge is 2.17. The number of rotatable bonds is 7. The van der Waals surface area contributed by atoms with Gasteiger partial charge in [0.1, 0.15) is 0 Å². The number of hydrogen-bond donors (Lipinski definition) is 1. The van der Waals surface area contributed by atoms with Gasteiger partial charge in [-0.15, -0.1) is 0 Å². The van der Waals surface area contributed by atoms with Crippen LogP contribution in [0.5, 0.6) is 5.75 Å². The van der Waals surface area contributed by atoms with Crippen molar-refractivity contribution in [2.24, 2.45) is 5.92 Å². The zero-order valence-corrected chi connectivity index (χ0v) is 13.6. The molecule has 0 saturated carbocycles. The zero-order valence-electron chi connectivity index (χ0n) is 13.6. The average molecular weight is 294 g/mol. The molecule has 5 heteroatoms. The molecule has 1 aromatic carbocycles. The van der Waals surface area contributed by atoms with Crippen molar-refractivity contribution < 1.29 is 9.66 Å². The van der Waals surface area contributed by atoms with E-state index in [-0.39, 0.29) is 16.1 Å². The minimum atomic E-state index is -0.384. The molecule has 0 atom stereocenters. The number of nitro benzene ring substituents is 1. The Kier molecular flexibility index (Phi) is 6.15. The molecule has 0 saturated heterocycles. The maximum absolute atomic E-state index is 11.2. The van der Waals surface area contributed by atoms with Gasteiger partial charge in [-0.3, -0.25) is 10.1 Å². The lowest BCUT2D eigenvalue weighted by Crippen LogP contribution is -2.35. The molecule has 0 heterocycles. The fourth-order valence-corrected chi connectivity index (χ4v) is 1.71. The molecule has 0 aromatic heterocycles. The van der Waals surface area contributed by atoms with E-state index in [0.717, 1.165) is 12.0 Å². The topological polar surface area (TPSA) is 64.4 Å². The van der Waals surface area contributed by atoms with E-state index in [1.807, 2.05) is 6.07 Å². The second-order valence-electron chi connectivity index (χ2n) is 6.69. The zero-order chi connectivity index (χ0) is 16.0. The van der Waals surface area contributed by atoms with E-state index in [9.17, 15) is 10.1 Å². The Morgan fingerprint density at radius 3 is 2.52 bits per heavy atom.